The second kappa shape index (κ2) is 6.33. The van der Waals surface area contributed by atoms with Gasteiger partial charge >= 0.3 is 5.97 Å². The first-order valence-corrected chi connectivity index (χ1v) is 5.47. The van der Waals surface area contributed by atoms with Crippen molar-refractivity contribution < 1.29 is 9.53 Å². The highest BCUT2D eigenvalue weighted by atomic mass is 35.5. The van der Waals surface area contributed by atoms with E-state index in [0.29, 0.717) is 12.5 Å². The predicted molar refractivity (Wildman–Crippen MR) is 63.3 cm³/mol. The van der Waals surface area contributed by atoms with Crippen LogP contribution in [0.4, 0.5) is 0 Å². The van der Waals surface area contributed by atoms with Crippen LogP contribution in [-0.2, 0) is 9.53 Å². The van der Waals surface area contributed by atoms with Crippen molar-refractivity contribution in [3.63, 3.8) is 0 Å². The molecule has 0 aromatic carbocycles. The molecule has 1 aliphatic heterocycles. The zero-order valence-corrected chi connectivity index (χ0v) is 10.7. The van der Waals surface area contributed by atoms with Gasteiger partial charge in [-0.1, -0.05) is 0 Å². The largest absolute Gasteiger partial charge is 0.466 e. The fourth-order valence-electron chi connectivity index (χ4n) is 2.03. The van der Waals surface area contributed by atoms with E-state index >= 15 is 0 Å². The van der Waals surface area contributed by atoms with Gasteiger partial charge in [0.1, 0.15) is 0 Å². The monoisotopic (exact) mass is 235 g/mol. The van der Waals surface area contributed by atoms with E-state index in [0.717, 1.165) is 25.9 Å². The van der Waals surface area contributed by atoms with Crippen molar-refractivity contribution in [3.05, 3.63) is 0 Å². The molecule has 1 aliphatic rings. The van der Waals surface area contributed by atoms with Crippen molar-refractivity contribution in [3.8, 4) is 0 Å². The third-order valence-corrected chi connectivity index (χ3v) is 3.16. The van der Waals surface area contributed by atoms with E-state index in [4.69, 9.17) is 4.74 Å². The topological polar surface area (TPSA) is 38.3 Å². The van der Waals surface area contributed by atoms with E-state index < -0.39 is 0 Å². The molecular weight excluding hydrogens is 214 g/mol. The molecule has 3 nitrogen and oxygen atoms in total. The molecule has 0 radical (unpaired) electrons. The SMILES string of the molecule is CCOC(=O)C(C)(C)C1CCNCC1.Cl. The van der Waals surface area contributed by atoms with Crippen molar-refractivity contribution in [2.24, 2.45) is 11.3 Å². The lowest BCUT2D eigenvalue weighted by molar-refractivity contribution is -0.157. The number of hydrogen-bond donors (Lipinski definition) is 1. The second-order valence-corrected chi connectivity index (χ2v) is 4.47. The molecule has 0 amide bonds. The minimum Gasteiger partial charge on any atom is -0.466 e. The van der Waals surface area contributed by atoms with Crippen LogP contribution >= 0.6 is 12.4 Å². The number of carbonyl (C=O) groups is 1. The number of piperidine rings is 1. The smallest absolute Gasteiger partial charge is 0.311 e. The van der Waals surface area contributed by atoms with E-state index in [1.165, 1.54) is 0 Å². The molecule has 0 aliphatic carbocycles. The summed E-state index contributed by atoms with van der Waals surface area (Å²) in [6, 6.07) is 0. The molecule has 1 N–H and O–H groups in total. The van der Waals surface area contributed by atoms with Crippen molar-refractivity contribution >= 4 is 18.4 Å². The zero-order valence-electron chi connectivity index (χ0n) is 9.84. The Bertz CT molecular complexity index is 201. The molecule has 0 aromatic rings. The molecule has 1 heterocycles. The maximum Gasteiger partial charge on any atom is 0.311 e. The van der Waals surface area contributed by atoms with Crippen LogP contribution in [0.15, 0.2) is 0 Å². The van der Waals surface area contributed by atoms with Gasteiger partial charge in [0.2, 0.25) is 0 Å². The van der Waals surface area contributed by atoms with Gasteiger partial charge in [-0.2, -0.15) is 0 Å². The van der Waals surface area contributed by atoms with Crippen LogP contribution in [0.25, 0.3) is 0 Å². The molecule has 4 heteroatoms. The van der Waals surface area contributed by atoms with E-state index in [1.54, 1.807) is 0 Å². The molecule has 0 saturated carbocycles. The van der Waals surface area contributed by atoms with Crippen LogP contribution in [0.1, 0.15) is 33.6 Å². The van der Waals surface area contributed by atoms with Crippen molar-refractivity contribution in [2.75, 3.05) is 19.7 Å². The van der Waals surface area contributed by atoms with Crippen LogP contribution in [0.5, 0.6) is 0 Å². The number of hydrogen-bond acceptors (Lipinski definition) is 3. The first kappa shape index (κ1) is 14.7. The van der Waals surface area contributed by atoms with Gasteiger partial charge in [0.25, 0.3) is 0 Å². The summed E-state index contributed by atoms with van der Waals surface area (Å²) in [5.74, 6) is 0.412. The summed E-state index contributed by atoms with van der Waals surface area (Å²) in [6.07, 6.45) is 2.15. The second-order valence-electron chi connectivity index (χ2n) is 4.47. The Kier molecular flexibility index (Phi) is 6.22. The van der Waals surface area contributed by atoms with Crippen molar-refractivity contribution in [1.29, 1.82) is 0 Å². The van der Waals surface area contributed by atoms with E-state index in [2.05, 4.69) is 5.32 Å². The Labute approximate surface area is 98.4 Å². The van der Waals surface area contributed by atoms with Gasteiger partial charge in [0.15, 0.2) is 0 Å². The third-order valence-electron chi connectivity index (χ3n) is 3.16. The number of halogens is 1. The maximum absolute atomic E-state index is 11.7. The lowest BCUT2D eigenvalue weighted by Crippen LogP contribution is -2.41. The third kappa shape index (κ3) is 3.65. The van der Waals surface area contributed by atoms with Gasteiger partial charge in [0, 0.05) is 0 Å². The summed E-state index contributed by atoms with van der Waals surface area (Å²) in [7, 11) is 0. The van der Waals surface area contributed by atoms with Crippen LogP contribution in [0.2, 0.25) is 0 Å². The van der Waals surface area contributed by atoms with Gasteiger partial charge in [-0.25, -0.2) is 0 Å². The lowest BCUT2D eigenvalue weighted by Gasteiger charge is -2.35. The van der Waals surface area contributed by atoms with E-state index in [1.807, 2.05) is 20.8 Å². The Morgan fingerprint density at radius 1 is 1.40 bits per heavy atom. The average Bonchev–Trinajstić information content (AvgIpc) is 2.19. The van der Waals surface area contributed by atoms with Crippen LogP contribution in [0.3, 0.4) is 0 Å². The fraction of sp³-hybridized carbons (Fsp3) is 0.909. The number of esters is 1. The quantitative estimate of drug-likeness (QED) is 0.761. The lowest BCUT2D eigenvalue weighted by atomic mass is 9.74. The summed E-state index contributed by atoms with van der Waals surface area (Å²) in [5.41, 5.74) is -0.321. The standard InChI is InChI=1S/C11H21NO2.ClH/c1-4-14-10(13)11(2,3)9-5-7-12-8-6-9;/h9,12H,4-8H2,1-3H3;1H. The average molecular weight is 236 g/mol. The highest BCUT2D eigenvalue weighted by Crippen LogP contribution is 2.34. The van der Waals surface area contributed by atoms with E-state index in [-0.39, 0.29) is 23.8 Å². The normalized spacial score (nSPS) is 18.1. The zero-order chi connectivity index (χ0) is 10.6. The molecule has 0 spiro atoms. The number of carbonyl (C=O) groups excluding carboxylic acids is 1. The molecule has 15 heavy (non-hydrogen) atoms. The number of ether oxygens (including phenoxy) is 1. The molecule has 90 valence electrons. The van der Waals surface area contributed by atoms with Crippen LogP contribution < -0.4 is 5.32 Å². The highest BCUT2D eigenvalue weighted by molar-refractivity contribution is 5.85. The Hall–Kier alpha value is -0.280. The Morgan fingerprint density at radius 2 is 1.93 bits per heavy atom. The molecule has 0 bridgehead atoms. The molecule has 0 unspecified atom stereocenters. The number of rotatable bonds is 3. The molecule has 1 saturated heterocycles. The van der Waals surface area contributed by atoms with Gasteiger partial charge < -0.3 is 10.1 Å². The number of nitrogens with one attached hydrogen (secondary N) is 1. The predicted octanol–water partition coefficient (Wildman–Crippen LogP) is 2.00. The van der Waals surface area contributed by atoms with Crippen LogP contribution in [-0.4, -0.2) is 25.7 Å². The fourth-order valence-corrected chi connectivity index (χ4v) is 2.03. The van der Waals surface area contributed by atoms with Crippen molar-refractivity contribution in [2.45, 2.75) is 33.6 Å². The summed E-state index contributed by atoms with van der Waals surface area (Å²) in [4.78, 5) is 11.7. The summed E-state index contributed by atoms with van der Waals surface area (Å²) in [5, 5.41) is 3.31. The van der Waals surface area contributed by atoms with Gasteiger partial charge in [0.05, 0.1) is 12.0 Å². The molecule has 1 fully saturated rings. The van der Waals surface area contributed by atoms with Gasteiger partial charge in [-0.05, 0) is 52.6 Å². The summed E-state index contributed by atoms with van der Waals surface area (Å²) >= 11 is 0. The minimum absolute atomic E-state index is 0. The molecular formula is C11H22ClNO2. The highest BCUT2D eigenvalue weighted by Gasteiger charge is 2.38. The molecule has 0 aromatic heterocycles. The first-order valence-electron chi connectivity index (χ1n) is 5.47. The van der Waals surface area contributed by atoms with Gasteiger partial charge in [-0.3, -0.25) is 4.79 Å². The maximum atomic E-state index is 11.7. The Morgan fingerprint density at radius 3 is 2.40 bits per heavy atom. The summed E-state index contributed by atoms with van der Waals surface area (Å²) < 4.78 is 5.10. The summed E-state index contributed by atoms with van der Waals surface area (Å²) in [6.45, 7) is 8.38. The van der Waals surface area contributed by atoms with Crippen LogP contribution in [0, 0.1) is 11.3 Å². The molecule has 0 atom stereocenters. The van der Waals surface area contributed by atoms with Crippen molar-refractivity contribution in [1.82, 2.24) is 5.32 Å². The molecule has 1 rings (SSSR count). The van der Waals surface area contributed by atoms with E-state index in [9.17, 15) is 4.79 Å². The Balaban J connectivity index is 0.00000196. The van der Waals surface area contributed by atoms with Gasteiger partial charge in [-0.15, -0.1) is 12.4 Å². The minimum atomic E-state index is -0.321. The first-order chi connectivity index (χ1) is 6.59.